The van der Waals surface area contributed by atoms with Gasteiger partial charge in [0.2, 0.25) is 0 Å². The second kappa shape index (κ2) is 11.3. The zero-order valence-electron chi connectivity index (χ0n) is 16.8. The van der Waals surface area contributed by atoms with Gasteiger partial charge in [-0.05, 0) is 47.8 Å². The fraction of sp³-hybridized carbons (Fsp3) is 0.304. The summed E-state index contributed by atoms with van der Waals surface area (Å²) in [4.78, 5) is 19.4. The molecule has 0 spiro atoms. The van der Waals surface area contributed by atoms with E-state index in [-0.39, 0.29) is 0 Å². The summed E-state index contributed by atoms with van der Waals surface area (Å²) in [5.74, 6) is -2.85. The van der Waals surface area contributed by atoms with Gasteiger partial charge < -0.3 is 25.7 Å². The summed E-state index contributed by atoms with van der Waals surface area (Å²) in [5.41, 5.74) is 5.90. The first-order valence-corrected chi connectivity index (χ1v) is 9.68. The van der Waals surface area contributed by atoms with Gasteiger partial charge in [-0.15, -0.1) is 0 Å². The van der Waals surface area contributed by atoms with Crippen molar-refractivity contribution in [1.82, 2.24) is 5.32 Å². The van der Waals surface area contributed by atoms with Crippen molar-refractivity contribution in [2.75, 3.05) is 13.6 Å². The molecule has 0 amide bonds. The van der Waals surface area contributed by atoms with Gasteiger partial charge in [0.1, 0.15) is 0 Å². The van der Waals surface area contributed by atoms with Gasteiger partial charge >= 0.3 is 11.9 Å². The van der Waals surface area contributed by atoms with Crippen LogP contribution in [0.5, 0.6) is 0 Å². The summed E-state index contributed by atoms with van der Waals surface area (Å²) in [6.07, 6.45) is 0.961. The molecule has 2 aromatic carbocycles. The smallest absolute Gasteiger partial charge is 0.333 e. The van der Waals surface area contributed by atoms with E-state index in [9.17, 15) is 14.7 Å². The van der Waals surface area contributed by atoms with Crippen molar-refractivity contribution in [3.05, 3.63) is 76.9 Å². The molecule has 30 heavy (non-hydrogen) atoms. The summed E-state index contributed by atoms with van der Waals surface area (Å²) in [6, 6.07) is 16.6. The van der Waals surface area contributed by atoms with E-state index in [1.807, 2.05) is 31.3 Å². The van der Waals surface area contributed by atoms with E-state index in [1.54, 1.807) is 0 Å². The molecule has 0 aromatic heterocycles. The molecule has 7 nitrogen and oxygen atoms in total. The Balaban J connectivity index is 0.000000303. The Morgan fingerprint density at radius 3 is 2.33 bits per heavy atom. The normalized spacial score (nSPS) is 17.0. The minimum absolute atomic E-state index is 0.433. The van der Waals surface area contributed by atoms with E-state index in [4.69, 9.17) is 15.3 Å². The van der Waals surface area contributed by atoms with E-state index in [2.05, 4.69) is 35.7 Å². The number of carboxylic acids is 2. The molecule has 0 saturated carbocycles. The molecule has 0 fully saturated rings. The Morgan fingerprint density at radius 2 is 1.73 bits per heavy atom. The van der Waals surface area contributed by atoms with Crippen LogP contribution in [0.1, 0.15) is 41.2 Å². The van der Waals surface area contributed by atoms with Crippen LogP contribution in [0.25, 0.3) is 5.57 Å². The first kappa shape index (κ1) is 23.3. The molecule has 0 radical (unpaired) electrons. The first-order valence-electron chi connectivity index (χ1n) is 9.68. The van der Waals surface area contributed by atoms with Gasteiger partial charge in [0, 0.05) is 6.42 Å². The molecular formula is C23H27NO6. The summed E-state index contributed by atoms with van der Waals surface area (Å²) in [5, 5.41) is 37.9. The summed E-state index contributed by atoms with van der Waals surface area (Å²) in [7, 11) is 1.97. The zero-order chi connectivity index (χ0) is 22.1. The van der Waals surface area contributed by atoms with E-state index >= 15 is 0 Å². The van der Waals surface area contributed by atoms with E-state index in [1.165, 1.54) is 16.7 Å². The molecule has 0 heterocycles. The van der Waals surface area contributed by atoms with E-state index < -0.39 is 30.6 Å². The molecule has 160 valence electrons. The van der Waals surface area contributed by atoms with Crippen LogP contribution < -0.4 is 5.32 Å². The molecule has 7 heteroatoms. The molecule has 0 saturated heterocycles. The van der Waals surface area contributed by atoms with Crippen LogP contribution in [0, 0.1) is 0 Å². The molecule has 5 N–H and O–H groups in total. The standard InChI is InChI=1S/C19H21NO.C4H6O5/c1-20-12-6-11-16-15-8-3-2-7-14(15)13-19(21)18-10-5-4-9-17(16)18;5-2(4(8)9)1-3(6)7/h2-5,7-11,19-21H,6,12-13H2,1H3;2,5H,1H2,(H,6,7)(H,8,9)/b16-11+;/t19-;2-/m11/s1. The largest absolute Gasteiger partial charge is 0.481 e. The highest BCUT2D eigenvalue weighted by molar-refractivity contribution is 5.84. The van der Waals surface area contributed by atoms with Gasteiger partial charge in [0.25, 0.3) is 0 Å². The van der Waals surface area contributed by atoms with Crippen molar-refractivity contribution in [2.24, 2.45) is 0 Å². The van der Waals surface area contributed by atoms with Crippen LogP contribution in [0.3, 0.4) is 0 Å². The van der Waals surface area contributed by atoms with Gasteiger partial charge in [-0.25, -0.2) is 4.79 Å². The van der Waals surface area contributed by atoms with Crippen LogP contribution in [0.4, 0.5) is 0 Å². The maximum Gasteiger partial charge on any atom is 0.333 e. The molecular weight excluding hydrogens is 386 g/mol. The predicted octanol–water partition coefficient (Wildman–Crippen LogP) is 2.22. The minimum Gasteiger partial charge on any atom is -0.481 e. The van der Waals surface area contributed by atoms with Crippen molar-refractivity contribution in [2.45, 2.75) is 31.5 Å². The number of aliphatic carboxylic acids is 2. The fourth-order valence-electron chi connectivity index (χ4n) is 3.29. The highest BCUT2D eigenvalue weighted by atomic mass is 16.4. The summed E-state index contributed by atoms with van der Waals surface area (Å²) >= 11 is 0. The number of carbonyl (C=O) groups is 2. The Hall–Kier alpha value is -3.00. The summed E-state index contributed by atoms with van der Waals surface area (Å²) in [6.45, 7) is 0.955. The lowest BCUT2D eigenvalue weighted by molar-refractivity contribution is -0.152. The second-order valence-electron chi connectivity index (χ2n) is 6.93. The Morgan fingerprint density at radius 1 is 1.10 bits per heavy atom. The number of rotatable bonds is 6. The van der Waals surface area contributed by atoms with Crippen molar-refractivity contribution >= 4 is 17.5 Å². The molecule has 2 atom stereocenters. The lowest BCUT2D eigenvalue weighted by atomic mass is 9.93. The highest BCUT2D eigenvalue weighted by Crippen LogP contribution is 2.37. The van der Waals surface area contributed by atoms with Crippen molar-refractivity contribution < 1.29 is 30.0 Å². The fourth-order valence-corrected chi connectivity index (χ4v) is 3.29. The number of fused-ring (bicyclic) bond motifs is 2. The molecule has 0 aliphatic heterocycles. The third kappa shape index (κ3) is 6.25. The Kier molecular flexibility index (Phi) is 8.73. The lowest BCUT2D eigenvalue weighted by Gasteiger charge is -2.13. The zero-order valence-corrected chi connectivity index (χ0v) is 16.8. The maximum atomic E-state index is 10.5. The van der Waals surface area contributed by atoms with Crippen molar-refractivity contribution in [3.63, 3.8) is 0 Å². The van der Waals surface area contributed by atoms with E-state index in [0.717, 1.165) is 24.1 Å². The van der Waals surface area contributed by atoms with Crippen LogP contribution >= 0.6 is 0 Å². The average molecular weight is 413 g/mol. The van der Waals surface area contributed by atoms with E-state index in [0.29, 0.717) is 6.42 Å². The maximum absolute atomic E-state index is 10.5. The van der Waals surface area contributed by atoms with Gasteiger partial charge in [-0.2, -0.15) is 0 Å². The second-order valence-corrected chi connectivity index (χ2v) is 6.93. The van der Waals surface area contributed by atoms with Gasteiger partial charge in [0.05, 0.1) is 12.5 Å². The number of aliphatic hydroxyl groups excluding tert-OH is 2. The SMILES string of the molecule is CNCC/C=C1\c2ccccc2C[C@@H](O)c2ccccc21.O=C(O)C[C@@H](O)C(=O)O. The number of nitrogens with one attached hydrogen (secondary N) is 1. The van der Waals surface area contributed by atoms with Crippen LogP contribution in [0.15, 0.2) is 54.6 Å². The number of aliphatic hydroxyl groups is 2. The Bertz CT molecular complexity index is 908. The third-order valence-electron chi connectivity index (χ3n) is 4.73. The van der Waals surface area contributed by atoms with Crippen LogP contribution in [0.2, 0.25) is 0 Å². The monoisotopic (exact) mass is 413 g/mol. The molecule has 1 aliphatic carbocycles. The van der Waals surface area contributed by atoms with Gasteiger partial charge in [-0.3, -0.25) is 4.79 Å². The summed E-state index contributed by atoms with van der Waals surface area (Å²) < 4.78 is 0. The quantitative estimate of drug-likeness (QED) is 0.460. The molecule has 0 bridgehead atoms. The first-order chi connectivity index (χ1) is 14.3. The van der Waals surface area contributed by atoms with Gasteiger partial charge in [0.15, 0.2) is 6.10 Å². The van der Waals surface area contributed by atoms with Crippen LogP contribution in [-0.2, 0) is 16.0 Å². The lowest BCUT2D eigenvalue weighted by Crippen LogP contribution is -2.22. The molecule has 2 aromatic rings. The van der Waals surface area contributed by atoms with Crippen LogP contribution in [-0.4, -0.2) is 52.1 Å². The van der Waals surface area contributed by atoms with Crippen molar-refractivity contribution in [3.8, 4) is 0 Å². The molecule has 3 rings (SSSR count). The van der Waals surface area contributed by atoms with Crippen molar-refractivity contribution in [1.29, 1.82) is 0 Å². The number of benzene rings is 2. The highest BCUT2D eigenvalue weighted by Gasteiger charge is 2.22. The number of hydrogen-bond donors (Lipinski definition) is 5. The number of hydrogen-bond acceptors (Lipinski definition) is 5. The average Bonchev–Trinajstić information content (AvgIpc) is 2.83. The van der Waals surface area contributed by atoms with Gasteiger partial charge in [-0.1, -0.05) is 54.6 Å². The number of carboxylic acid groups (broad SMARTS) is 2. The molecule has 0 unspecified atom stereocenters. The predicted molar refractivity (Wildman–Crippen MR) is 113 cm³/mol. The third-order valence-corrected chi connectivity index (χ3v) is 4.73. The topological polar surface area (TPSA) is 127 Å². The molecule has 1 aliphatic rings. The Labute approximate surface area is 175 Å². The minimum atomic E-state index is -1.79.